The first-order valence-electron chi connectivity index (χ1n) is 10.5. The van der Waals surface area contributed by atoms with E-state index in [9.17, 15) is 9.59 Å². The van der Waals surface area contributed by atoms with Crippen LogP contribution in [0.3, 0.4) is 0 Å². The lowest BCUT2D eigenvalue weighted by atomic mass is 9.81. The number of hydrogen-bond acceptors (Lipinski definition) is 5. The van der Waals surface area contributed by atoms with Crippen LogP contribution in [0.2, 0.25) is 0 Å². The molecule has 1 aliphatic heterocycles. The highest BCUT2D eigenvalue weighted by atomic mass is 16.2. The van der Waals surface area contributed by atoms with Gasteiger partial charge in [-0.05, 0) is 52.9 Å². The molecule has 31 heavy (non-hydrogen) atoms. The average molecular weight is 419 g/mol. The summed E-state index contributed by atoms with van der Waals surface area (Å²) in [7, 11) is 0. The van der Waals surface area contributed by atoms with Crippen LogP contribution in [0.15, 0.2) is 48.5 Å². The van der Waals surface area contributed by atoms with Crippen LogP contribution >= 0.6 is 0 Å². The van der Waals surface area contributed by atoms with Gasteiger partial charge >= 0.3 is 6.03 Å². The highest BCUT2D eigenvalue weighted by Gasteiger charge is 2.54. The summed E-state index contributed by atoms with van der Waals surface area (Å²) in [6.07, 6.45) is 1.90. The quantitative estimate of drug-likeness (QED) is 0.595. The molecule has 1 N–H and O–H groups in total. The molecule has 1 aromatic heterocycles. The largest absolute Gasteiger partial charge is 0.325 e. The lowest BCUT2D eigenvalue weighted by Crippen LogP contribution is -2.45. The first-order valence-corrected chi connectivity index (χ1v) is 10.5. The number of nitrogens with zero attached hydrogens (tertiary/aromatic N) is 5. The van der Waals surface area contributed by atoms with Crippen molar-refractivity contribution in [1.82, 2.24) is 30.4 Å². The highest BCUT2D eigenvalue weighted by molar-refractivity contribution is 6.09. The Balaban J connectivity index is 1.76. The molecule has 0 unspecified atom stereocenters. The summed E-state index contributed by atoms with van der Waals surface area (Å²) in [5.74, 6) is 0.151. The van der Waals surface area contributed by atoms with Crippen molar-refractivity contribution in [3.8, 4) is 0 Å². The van der Waals surface area contributed by atoms with Gasteiger partial charge in [-0.25, -0.2) is 9.48 Å². The zero-order chi connectivity index (χ0) is 22.0. The number of unbranched alkanes of at least 4 members (excludes halogenated alkanes) is 1. The zero-order valence-electron chi connectivity index (χ0n) is 18.0. The molecular weight excluding hydrogens is 392 g/mol. The predicted octanol–water partition coefficient (Wildman–Crippen LogP) is 3.09. The maximum atomic E-state index is 13.9. The molecule has 0 radical (unpaired) electrons. The molecule has 160 valence electrons. The molecule has 0 aliphatic carbocycles. The van der Waals surface area contributed by atoms with Gasteiger partial charge in [0.1, 0.15) is 0 Å². The van der Waals surface area contributed by atoms with Gasteiger partial charge in [0.15, 0.2) is 11.4 Å². The Hall–Kier alpha value is -3.55. The molecule has 3 aromatic rings. The Kier molecular flexibility index (Phi) is 5.54. The van der Waals surface area contributed by atoms with Crippen molar-refractivity contribution in [2.45, 2.75) is 52.2 Å². The van der Waals surface area contributed by atoms with E-state index in [-0.39, 0.29) is 12.5 Å². The summed E-state index contributed by atoms with van der Waals surface area (Å²) in [6.45, 7) is 6.76. The normalized spacial score (nSPS) is 18.5. The number of urea groups is 1. The van der Waals surface area contributed by atoms with Crippen LogP contribution in [0.5, 0.6) is 0 Å². The number of tetrazole rings is 1. The van der Waals surface area contributed by atoms with Crippen molar-refractivity contribution >= 4 is 11.9 Å². The second kappa shape index (κ2) is 8.29. The fourth-order valence-electron chi connectivity index (χ4n) is 3.90. The summed E-state index contributed by atoms with van der Waals surface area (Å²) >= 11 is 0. The van der Waals surface area contributed by atoms with Crippen LogP contribution < -0.4 is 5.32 Å². The molecule has 8 nitrogen and oxygen atoms in total. The molecule has 2 heterocycles. The number of rotatable bonds is 7. The van der Waals surface area contributed by atoms with Crippen molar-refractivity contribution in [1.29, 1.82) is 0 Å². The molecule has 0 bridgehead atoms. The lowest BCUT2D eigenvalue weighted by molar-refractivity contribution is -0.130. The van der Waals surface area contributed by atoms with Gasteiger partial charge in [0, 0.05) is 6.54 Å². The van der Waals surface area contributed by atoms with Crippen LogP contribution in [0.1, 0.15) is 47.8 Å². The number of carbonyl (C=O) groups excluding carboxylic acids is 2. The van der Waals surface area contributed by atoms with Crippen molar-refractivity contribution in [2.75, 3.05) is 0 Å². The molecule has 1 saturated heterocycles. The Morgan fingerprint density at radius 1 is 1.00 bits per heavy atom. The fraction of sp³-hybridized carbons (Fsp3) is 0.348. The van der Waals surface area contributed by atoms with Gasteiger partial charge in [-0.15, -0.1) is 5.10 Å². The van der Waals surface area contributed by atoms with E-state index < -0.39 is 11.6 Å². The molecule has 4 rings (SSSR count). The average Bonchev–Trinajstić information content (AvgIpc) is 3.32. The number of benzene rings is 2. The molecule has 0 saturated carbocycles. The number of carbonyl (C=O) groups is 2. The Morgan fingerprint density at radius 3 is 2.48 bits per heavy atom. The number of hydrogen-bond donors (Lipinski definition) is 1. The van der Waals surface area contributed by atoms with Gasteiger partial charge in [-0.3, -0.25) is 9.69 Å². The maximum Gasteiger partial charge on any atom is 0.325 e. The summed E-state index contributed by atoms with van der Waals surface area (Å²) < 4.78 is 1.66. The third kappa shape index (κ3) is 3.58. The Morgan fingerprint density at radius 2 is 1.77 bits per heavy atom. The standard InChI is InChI=1S/C23H26N6O2/c1-4-5-13-29-20(25-26-27-29)15-28-21(30)23(24-22(28)31,18-9-7-6-8-10-18)19-12-11-16(2)17(3)14-19/h6-12,14H,4-5,13,15H2,1-3H3,(H,24,31)/t23-/m1/s1. The van der Waals surface area contributed by atoms with Gasteiger partial charge in [0.25, 0.3) is 5.91 Å². The second-order valence-electron chi connectivity index (χ2n) is 7.91. The Bertz CT molecular complexity index is 1110. The molecule has 1 atom stereocenters. The van der Waals surface area contributed by atoms with Gasteiger partial charge in [-0.1, -0.05) is 61.9 Å². The molecule has 8 heteroatoms. The monoisotopic (exact) mass is 418 g/mol. The van der Waals surface area contributed by atoms with Crippen LogP contribution in [-0.2, 0) is 23.4 Å². The third-order valence-corrected chi connectivity index (χ3v) is 5.88. The molecule has 1 aliphatic rings. The van der Waals surface area contributed by atoms with Crippen LogP contribution in [0.25, 0.3) is 0 Å². The third-order valence-electron chi connectivity index (χ3n) is 5.88. The molecule has 2 aromatic carbocycles. The van der Waals surface area contributed by atoms with Crippen molar-refractivity contribution < 1.29 is 9.59 Å². The fourth-order valence-corrected chi connectivity index (χ4v) is 3.90. The number of imide groups is 1. The van der Waals surface area contributed by atoms with E-state index in [1.807, 2.05) is 62.4 Å². The smallest absolute Gasteiger partial charge is 0.315 e. The summed E-state index contributed by atoms with van der Waals surface area (Å²) in [5.41, 5.74) is 2.32. The second-order valence-corrected chi connectivity index (χ2v) is 7.91. The number of amides is 3. The number of aryl methyl sites for hydroxylation is 3. The predicted molar refractivity (Wildman–Crippen MR) is 115 cm³/mol. The van der Waals surface area contributed by atoms with Crippen molar-refractivity contribution in [3.05, 3.63) is 76.6 Å². The van der Waals surface area contributed by atoms with Gasteiger partial charge < -0.3 is 5.32 Å². The lowest BCUT2D eigenvalue weighted by Gasteiger charge is -2.28. The van der Waals surface area contributed by atoms with Gasteiger partial charge in [0.05, 0.1) is 6.54 Å². The van der Waals surface area contributed by atoms with Gasteiger partial charge in [0.2, 0.25) is 0 Å². The minimum absolute atomic E-state index is 0.0147. The topological polar surface area (TPSA) is 93.0 Å². The molecule has 0 spiro atoms. The molecule has 1 fully saturated rings. The van der Waals surface area contributed by atoms with E-state index in [1.165, 1.54) is 4.90 Å². The molecular formula is C23H26N6O2. The minimum atomic E-state index is -1.29. The van der Waals surface area contributed by atoms with E-state index in [0.717, 1.165) is 29.5 Å². The van der Waals surface area contributed by atoms with Crippen molar-refractivity contribution in [2.24, 2.45) is 0 Å². The Labute approximate surface area is 181 Å². The highest BCUT2D eigenvalue weighted by Crippen LogP contribution is 2.37. The first kappa shape index (κ1) is 20.7. The first-order chi connectivity index (χ1) is 15.0. The van der Waals surface area contributed by atoms with Gasteiger partial charge in [-0.2, -0.15) is 0 Å². The number of aromatic nitrogens is 4. The van der Waals surface area contributed by atoms with Crippen LogP contribution in [0, 0.1) is 13.8 Å². The summed E-state index contributed by atoms with van der Waals surface area (Å²) in [6, 6.07) is 14.7. The van der Waals surface area contributed by atoms with E-state index in [1.54, 1.807) is 4.68 Å². The number of nitrogens with one attached hydrogen (secondary N) is 1. The van der Waals surface area contributed by atoms with Crippen LogP contribution in [-0.4, -0.2) is 37.0 Å². The van der Waals surface area contributed by atoms with E-state index in [0.29, 0.717) is 17.9 Å². The van der Waals surface area contributed by atoms with E-state index >= 15 is 0 Å². The van der Waals surface area contributed by atoms with Crippen LogP contribution in [0.4, 0.5) is 4.79 Å². The SMILES string of the molecule is CCCCn1nnnc1CN1C(=O)N[C@](c2ccccc2)(c2ccc(C)c(C)c2)C1=O. The van der Waals surface area contributed by atoms with E-state index in [4.69, 9.17) is 0 Å². The maximum absolute atomic E-state index is 13.9. The zero-order valence-corrected chi connectivity index (χ0v) is 18.0. The summed E-state index contributed by atoms with van der Waals surface area (Å²) in [5, 5.41) is 14.8. The minimum Gasteiger partial charge on any atom is -0.315 e. The van der Waals surface area contributed by atoms with Crippen molar-refractivity contribution in [3.63, 3.8) is 0 Å². The van der Waals surface area contributed by atoms with E-state index in [2.05, 4.69) is 27.8 Å². The molecule has 3 amide bonds. The summed E-state index contributed by atoms with van der Waals surface area (Å²) in [4.78, 5) is 28.1.